The molecule has 0 bridgehead atoms. The highest BCUT2D eigenvalue weighted by molar-refractivity contribution is 7.98. The van der Waals surface area contributed by atoms with Gasteiger partial charge in [0.05, 0.1) is 6.54 Å². The fraction of sp³-hybridized carbons (Fsp3) is 0.400. The number of carbonyl (C=O) groups is 1. The third-order valence-corrected chi connectivity index (χ3v) is 7.23. The van der Waals surface area contributed by atoms with E-state index in [0.29, 0.717) is 31.3 Å². The van der Waals surface area contributed by atoms with E-state index in [9.17, 15) is 4.79 Å². The van der Waals surface area contributed by atoms with Crippen LogP contribution in [0.3, 0.4) is 0 Å². The number of nitrogens with one attached hydrogen (secondary N) is 1. The molecule has 0 aliphatic carbocycles. The lowest BCUT2D eigenvalue weighted by molar-refractivity contribution is -0.117. The summed E-state index contributed by atoms with van der Waals surface area (Å²) >= 11 is 1.70. The Hall–Kier alpha value is -3.04. The number of benzene rings is 2. The van der Waals surface area contributed by atoms with Crippen molar-refractivity contribution >= 4 is 23.4 Å². The molecule has 1 N–H and O–H groups in total. The number of ether oxygens (including phenoxy) is 2. The van der Waals surface area contributed by atoms with Crippen LogP contribution in [-0.2, 0) is 17.6 Å². The molecular formula is C25H29N5O3S. The second-order valence-electron chi connectivity index (χ2n) is 8.65. The Morgan fingerprint density at radius 2 is 1.94 bits per heavy atom. The minimum atomic E-state index is -0.0330. The van der Waals surface area contributed by atoms with E-state index in [1.54, 1.807) is 11.8 Å². The standard InChI is InChI=1S/C25H29N5O3S/c1-29-24(27-28-25(29)34-17-18-6-3-2-4-7-18)19-8-5-11-30(15-19)16-23(31)26-20-9-10-21-22(14-20)33-13-12-32-21/h2-4,6-7,9-10,14,19H,5,8,11-13,15-17H2,1H3,(H,26,31). The van der Waals surface area contributed by atoms with Crippen LogP contribution in [0.2, 0.25) is 0 Å². The molecule has 1 unspecified atom stereocenters. The number of thioether (sulfide) groups is 1. The lowest BCUT2D eigenvalue weighted by Crippen LogP contribution is -2.40. The lowest BCUT2D eigenvalue weighted by Gasteiger charge is -2.31. The molecular weight excluding hydrogens is 450 g/mol. The highest BCUT2D eigenvalue weighted by atomic mass is 32.2. The summed E-state index contributed by atoms with van der Waals surface area (Å²) in [5, 5.41) is 12.9. The highest BCUT2D eigenvalue weighted by Crippen LogP contribution is 2.33. The smallest absolute Gasteiger partial charge is 0.238 e. The average Bonchev–Trinajstić information content (AvgIpc) is 3.23. The summed E-state index contributed by atoms with van der Waals surface area (Å²) in [4.78, 5) is 14.9. The van der Waals surface area contributed by atoms with Crippen LogP contribution in [0.5, 0.6) is 11.5 Å². The van der Waals surface area contributed by atoms with Crippen molar-refractivity contribution in [3.63, 3.8) is 0 Å². The van der Waals surface area contributed by atoms with Gasteiger partial charge in [0.1, 0.15) is 19.0 Å². The molecule has 34 heavy (non-hydrogen) atoms. The Labute approximate surface area is 203 Å². The van der Waals surface area contributed by atoms with Gasteiger partial charge >= 0.3 is 0 Å². The van der Waals surface area contributed by atoms with Gasteiger partial charge < -0.3 is 19.4 Å². The normalized spacial score (nSPS) is 18.0. The van der Waals surface area contributed by atoms with Crippen LogP contribution in [0.1, 0.15) is 30.1 Å². The van der Waals surface area contributed by atoms with Gasteiger partial charge in [-0.25, -0.2) is 0 Å². The zero-order valence-electron chi connectivity index (χ0n) is 19.3. The maximum absolute atomic E-state index is 12.7. The Morgan fingerprint density at radius 1 is 1.12 bits per heavy atom. The van der Waals surface area contributed by atoms with Gasteiger partial charge in [0.25, 0.3) is 0 Å². The molecule has 1 fully saturated rings. The molecule has 3 heterocycles. The van der Waals surface area contributed by atoms with Crippen LogP contribution in [0.4, 0.5) is 5.69 Å². The molecule has 1 aromatic heterocycles. The lowest BCUT2D eigenvalue weighted by atomic mass is 9.97. The second kappa shape index (κ2) is 10.5. The molecule has 2 aliphatic rings. The fourth-order valence-electron chi connectivity index (χ4n) is 4.46. The third kappa shape index (κ3) is 5.37. The quantitative estimate of drug-likeness (QED) is 0.518. The summed E-state index contributed by atoms with van der Waals surface area (Å²) < 4.78 is 13.3. The van der Waals surface area contributed by atoms with Crippen molar-refractivity contribution in [2.24, 2.45) is 7.05 Å². The molecule has 1 atom stereocenters. The Balaban J connectivity index is 1.16. The third-order valence-electron chi connectivity index (χ3n) is 6.14. The summed E-state index contributed by atoms with van der Waals surface area (Å²) in [7, 11) is 2.04. The fourth-order valence-corrected chi connectivity index (χ4v) is 5.34. The van der Waals surface area contributed by atoms with E-state index in [4.69, 9.17) is 9.47 Å². The summed E-state index contributed by atoms with van der Waals surface area (Å²) in [6.45, 7) is 3.11. The van der Waals surface area contributed by atoms with Crippen molar-refractivity contribution in [1.82, 2.24) is 19.7 Å². The maximum atomic E-state index is 12.7. The number of nitrogens with zero attached hydrogens (tertiary/aromatic N) is 4. The Kier molecular flexibility index (Phi) is 7.01. The van der Waals surface area contributed by atoms with Crippen molar-refractivity contribution in [1.29, 1.82) is 0 Å². The predicted octanol–water partition coefficient (Wildman–Crippen LogP) is 3.70. The molecule has 0 radical (unpaired) electrons. The number of aromatic nitrogens is 3. The zero-order valence-corrected chi connectivity index (χ0v) is 20.1. The molecule has 3 aromatic rings. The number of amides is 1. The van der Waals surface area contributed by atoms with Gasteiger partial charge in [-0.15, -0.1) is 10.2 Å². The average molecular weight is 480 g/mol. The number of hydrogen-bond acceptors (Lipinski definition) is 7. The molecule has 9 heteroatoms. The van der Waals surface area contributed by atoms with Crippen LogP contribution in [0, 0.1) is 0 Å². The van der Waals surface area contributed by atoms with Crippen molar-refractivity contribution < 1.29 is 14.3 Å². The minimum Gasteiger partial charge on any atom is -0.486 e. The molecule has 2 aromatic carbocycles. The van der Waals surface area contributed by atoms with Crippen LogP contribution in [0.15, 0.2) is 53.7 Å². The van der Waals surface area contributed by atoms with Gasteiger partial charge in [0.2, 0.25) is 5.91 Å². The van der Waals surface area contributed by atoms with Crippen LogP contribution in [-0.4, -0.2) is 58.4 Å². The largest absolute Gasteiger partial charge is 0.486 e. The van der Waals surface area contributed by atoms with Crippen LogP contribution < -0.4 is 14.8 Å². The Bertz CT molecular complexity index is 1140. The first-order valence-electron chi connectivity index (χ1n) is 11.6. The van der Waals surface area contributed by atoms with Gasteiger partial charge in [0.15, 0.2) is 16.7 Å². The van der Waals surface area contributed by atoms with Gasteiger partial charge in [0, 0.05) is 37.0 Å². The van der Waals surface area contributed by atoms with Crippen molar-refractivity contribution in [3.8, 4) is 11.5 Å². The van der Waals surface area contributed by atoms with E-state index in [2.05, 4.69) is 49.2 Å². The van der Waals surface area contributed by atoms with Crippen molar-refractivity contribution in [2.45, 2.75) is 29.7 Å². The molecule has 1 amide bonds. The first kappa shape index (κ1) is 22.7. The van der Waals surface area contributed by atoms with Gasteiger partial charge in [-0.3, -0.25) is 9.69 Å². The predicted molar refractivity (Wildman–Crippen MR) is 131 cm³/mol. The van der Waals surface area contributed by atoms with E-state index in [1.807, 2.05) is 31.3 Å². The van der Waals surface area contributed by atoms with Crippen molar-refractivity contribution in [3.05, 3.63) is 59.9 Å². The first-order valence-corrected chi connectivity index (χ1v) is 12.6. The van der Waals surface area contributed by atoms with E-state index in [0.717, 1.165) is 48.4 Å². The van der Waals surface area contributed by atoms with Gasteiger partial charge in [-0.05, 0) is 37.1 Å². The molecule has 1 saturated heterocycles. The molecule has 8 nitrogen and oxygen atoms in total. The summed E-state index contributed by atoms with van der Waals surface area (Å²) in [5.41, 5.74) is 1.99. The van der Waals surface area contributed by atoms with Crippen LogP contribution in [0.25, 0.3) is 0 Å². The van der Waals surface area contributed by atoms with Crippen LogP contribution >= 0.6 is 11.8 Å². The first-order chi connectivity index (χ1) is 16.7. The second-order valence-corrected chi connectivity index (χ2v) is 9.60. The molecule has 2 aliphatic heterocycles. The van der Waals surface area contributed by atoms with E-state index < -0.39 is 0 Å². The number of piperidine rings is 1. The Morgan fingerprint density at radius 3 is 2.79 bits per heavy atom. The maximum Gasteiger partial charge on any atom is 0.238 e. The number of carbonyl (C=O) groups excluding carboxylic acids is 1. The minimum absolute atomic E-state index is 0.0330. The highest BCUT2D eigenvalue weighted by Gasteiger charge is 2.27. The summed E-state index contributed by atoms with van der Waals surface area (Å²) in [6, 6.07) is 15.9. The number of likely N-dealkylation sites (tertiary alicyclic amines) is 1. The number of hydrogen-bond donors (Lipinski definition) is 1. The number of fused-ring (bicyclic) bond motifs is 1. The van der Waals surface area contributed by atoms with Gasteiger partial charge in [-0.2, -0.15) is 0 Å². The number of anilines is 1. The molecule has 0 spiro atoms. The molecule has 5 rings (SSSR count). The summed E-state index contributed by atoms with van der Waals surface area (Å²) in [5.74, 6) is 3.48. The van der Waals surface area contributed by atoms with Gasteiger partial charge in [-0.1, -0.05) is 42.1 Å². The topological polar surface area (TPSA) is 81.5 Å². The molecule has 0 saturated carbocycles. The van der Waals surface area contributed by atoms with E-state index >= 15 is 0 Å². The number of rotatable bonds is 7. The molecule has 178 valence electrons. The van der Waals surface area contributed by atoms with Crippen molar-refractivity contribution in [2.75, 3.05) is 38.2 Å². The summed E-state index contributed by atoms with van der Waals surface area (Å²) in [6.07, 6.45) is 2.08. The van der Waals surface area contributed by atoms with E-state index in [1.165, 1.54) is 5.56 Å². The van der Waals surface area contributed by atoms with E-state index in [-0.39, 0.29) is 11.8 Å². The zero-order chi connectivity index (χ0) is 23.3. The monoisotopic (exact) mass is 479 g/mol. The SMILES string of the molecule is Cn1c(SCc2ccccc2)nnc1C1CCCN(CC(=O)Nc2ccc3c(c2)OCCO3)C1.